The summed E-state index contributed by atoms with van der Waals surface area (Å²) in [6, 6.07) is 21.6. The summed E-state index contributed by atoms with van der Waals surface area (Å²) < 4.78 is 11.4. The van der Waals surface area contributed by atoms with Gasteiger partial charge in [0.2, 0.25) is 5.91 Å². The standard InChI is InChI=1S/C33H36N4O6S2/c1-21(38)37(35-31(41)43-32(2,3)4)25-27(39)36-20-33(24-16-18-34-19-17-24,30(44-5)45-28(25)36)29(40)42-26(22-12-8-6-9-13-22)23-14-10-7-11-15-23/h6-19,25-26,28,30H,20H2,1-5H3,(H,35,41)/t25?,28-,30?,33?/m1/s1. The second-order valence-corrected chi connectivity index (χ2v) is 14.3. The Kier molecular flexibility index (Phi) is 9.45. The monoisotopic (exact) mass is 648 g/mol. The molecule has 3 amide bonds. The number of rotatable bonds is 7. The van der Waals surface area contributed by atoms with Crippen molar-refractivity contribution in [3.8, 4) is 0 Å². The number of hydrogen-bond donors (Lipinski definition) is 1. The largest absolute Gasteiger partial charge is 0.452 e. The van der Waals surface area contributed by atoms with Gasteiger partial charge in [0.1, 0.15) is 16.4 Å². The Morgan fingerprint density at radius 1 is 1.02 bits per heavy atom. The van der Waals surface area contributed by atoms with Gasteiger partial charge in [-0.25, -0.2) is 15.2 Å². The quantitative estimate of drug-likeness (QED) is 0.217. The fourth-order valence-corrected chi connectivity index (χ4v) is 8.60. The van der Waals surface area contributed by atoms with Crippen LogP contribution in [-0.4, -0.2) is 73.2 Å². The van der Waals surface area contributed by atoms with Crippen LogP contribution in [0, 0.1) is 0 Å². The Morgan fingerprint density at radius 2 is 1.60 bits per heavy atom. The molecule has 5 rings (SSSR count). The highest BCUT2D eigenvalue weighted by Crippen LogP contribution is 2.53. The number of carbonyl (C=O) groups is 4. The number of amides is 3. The number of benzene rings is 2. The first-order valence-electron chi connectivity index (χ1n) is 14.5. The molecule has 2 saturated heterocycles. The second kappa shape index (κ2) is 13.1. The number of esters is 1. The molecule has 12 heteroatoms. The van der Waals surface area contributed by atoms with Crippen molar-refractivity contribution in [2.24, 2.45) is 0 Å². The Labute approximate surface area is 271 Å². The zero-order valence-electron chi connectivity index (χ0n) is 25.7. The third-order valence-electron chi connectivity index (χ3n) is 7.63. The van der Waals surface area contributed by atoms with E-state index in [1.165, 1.54) is 30.4 Å². The first-order chi connectivity index (χ1) is 21.5. The molecule has 1 N–H and O–H groups in total. The molecular formula is C33H36N4O6S2. The number of pyridine rings is 1. The summed E-state index contributed by atoms with van der Waals surface area (Å²) in [5, 5.41) is 0.510. The molecule has 0 saturated carbocycles. The number of hydrogen-bond acceptors (Lipinski definition) is 9. The molecule has 2 aliphatic rings. The third kappa shape index (κ3) is 6.53. The molecule has 2 aromatic carbocycles. The predicted molar refractivity (Wildman–Crippen MR) is 173 cm³/mol. The van der Waals surface area contributed by atoms with Gasteiger partial charge >= 0.3 is 12.1 Å². The summed E-state index contributed by atoms with van der Waals surface area (Å²) in [5.41, 5.74) is 2.69. The summed E-state index contributed by atoms with van der Waals surface area (Å²) in [6.07, 6.45) is 3.61. The molecule has 2 fully saturated rings. The molecule has 2 aliphatic heterocycles. The van der Waals surface area contributed by atoms with Gasteiger partial charge in [0.05, 0.1) is 4.58 Å². The van der Waals surface area contributed by atoms with Crippen LogP contribution in [0.15, 0.2) is 85.2 Å². The highest BCUT2D eigenvalue weighted by Gasteiger charge is 2.64. The van der Waals surface area contributed by atoms with E-state index in [0.29, 0.717) is 5.56 Å². The average Bonchev–Trinajstić information content (AvgIpc) is 3.02. The maximum Gasteiger partial charge on any atom is 0.426 e. The number of hydrazine groups is 1. The van der Waals surface area contributed by atoms with Crippen LogP contribution < -0.4 is 5.43 Å². The molecule has 236 valence electrons. The molecule has 0 spiro atoms. The highest BCUT2D eigenvalue weighted by atomic mass is 32.2. The van der Waals surface area contributed by atoms with E-state index in [9.17, 15) is 19.2 Å². The molecule has 0 radical (unpaired) electrons. The Hall–Kier alpha value is -4.03. The molecule has 0 aliphatic carbocycles. The molecule has 45 heavy (non-hydrogen) atoms. The van der Waals surface area contributed by atoms with E-state index in [0.717, 1.165) is 16.1 Å². The maximum atomic E-state index is 14.7. The van der Waals surface area contributed by atoms with Gasteiger partial charge in [0.15, 0.2) is 12.1 Å². The van der Waals surface area contributed by atoms with Gasteiger partial charge in [-0.15, -0.1) is 23.5 Å². The second-order valence-electron chi connectivity index (χ2n) is 11.8. The number of thioether (sulfide) groups is 2. The first kappa shape index (κ1) is 32.4. The number of ether oxygens (including phenoxy) is 2. The van der Waals surface area contributed by atoms with Crippen molar-refractivity contribution < 1.29 is 28.7 Å². The van der Waals surface area contributed by atoms with Crippen molar-refractivity contribution in [2.75, 3.05) is 12.8 Å². The minimum absolute atomic E-state index is 0.0167. The van der Waals surface area contributed by atoms with Crippen LogP contribution in [0.5, 0.6) is 0 Å². The molecule has 3 aromatic rings. The van der Waals surface area contributed by atoms with Gasteiger partial charge in [-0.05, 0) is 55.9 Å². The summed E-state index contributed by atoms with van der Waals surface area (Å²) in [6.45, 7) is 6.41. The van der Waals surface area contributed by atoms with E-state index < -0.39 is 57.0 Å². The zero-order chi connectivity index (χ0) is 32.4. The van der Waals surface area contributed by atoms with Crippen molar-refractivity contribution in [2.45, 2.75) is 60.8 Å². The minimum Gasteiger partial charge on any atom is -0.452 e. The lowest BCUT2D eigenvalue weighted by Gasteiger charge is -2.58. The number of β-lactam (4-membered cyclic amide) rings is 1. The van der Waals surface area contributed by atoms with Crippen LogP contribution in [0.2, 0.25) is 0 Å². The van der Waals surface area contributed by atoms with Crippen LogP contribution in [0.4, 0.5) is 4.79 Å². The Morgan fingerprint density at radius 3 is 2.11 bits per heavy atom. The maximum absolute atomic E-state index is 14.7. The van der Waals surface area contributed by atoms with Gasteiger partial charge in [0, 0.05) is 25.9 Å². The Bertz CT molecular complexity index is 1500. The van der Waals surface area contributed by atoms with Crippen LogP contribution in [0.25, 0.3) is 0 Å². The van der Waals surface area contributed by atoms with E-state index in [2.05, 4.69) is 10.4 Å². The van der Waals surface area contributed by atoms with Crippen molar-refractivity contribution >= 4 is 47.4 Å². The number of fused-ring (bicyclic) bond motifs is 1. The summed E-state index contributed by atoms with van der Waals surface area (Å²) in [7, 11) is 0. The molecule has 3 heterocycles. The zero-order valence-corrected chi connectivity index (χ0v) is 27.3. The van der Waals surface area contributed by atoms with Crippen molar-refractivity contribution in [1.82, 2.24) is 20.3 Å². The van der Waals surface area contributed by atoms with Gasteiger partial charge in [-0.1, -0.05) is 60.7 Å². The van der Waals surface area contributed by atoms with E-state index in [1.807, 2.05) is 66.9 Å². The normalized spacial score (nSPS) is 22.6. The van der Waals surface area contributed by atoms with Crippen LogP contribution in [0.3, 0.4) is 0 Å². The van der Waals surface area contributed by atoms with E-state index in [1.54, 1.807) is 50.2 Å². The van der Waals surface area contributed by atoms with Gasteiger partial charge in [-0.3, -0.25) is 19.4 Å². The summed E-state index contributed by atoms with van der Waals surface area (Å²) in [4.78, 5) is 59.5. The molecular weight excluding hydrogens is 613 g/mol. The summed E-state index contributed by atoms with van der Waals surface area (Å²) in [5.74, 6) is -1.39. The molecule has 4 atom stereocenters. The topological polar surface area (TPSA) is 118 Å². The molecule has 3 unspecified atom stereocenters. The first-order valence-corrected chi connectivity index (χ1v) is 16.7. The number of aromatic nitrogens is 1. The molecule has 1 aromatic heterocycles. The van der Waals surface area contributed by atoms with Gasteiger partial charge in [-0.2, -0.15) is 0 Å². The molecule has 10 nitrogen and oxygen atoms in total. The van der Waals surface area contributed by atoms with E-state index in [-0.39, 0.29) is 6.54 Å². The smallest absolute Gasteiger partial charge is 0.426 e. The number of nitrogens with zero attached hydrogens (tertiary/aromatic N) is 3. The lowest BCUT2D eigenvalue weighted by Crippen LogP contribution is -2.77. The van der Waals surface area contributed by atoms with E-state index >= 15 is 0 Å². The fourth-order valence-electron chi connectivity index (χ4n) is 5.60. The summed E-state index contributed by atoms with van der Waals surface area (Å²) >= 11 is 2.86. The lowest BCUT2D eigenvalue weighted by atomic mass is 9.80. The van der Waals surface area contributed by atoms with Crippen molar-refractivity contribution in [1.29, 1.82) is 0 Å². The van der Waals surface area contributed by atoms with Gasteiger partial charge in [0.25, 0.3) is 5.91 Å². The van der Waals surface area contributed by atoms with Gasteiger partial charge < -0.3 is 14.4 Å². The fraction of sp³-hybridized carbons (Fsp3) is 0.364. The lowest BCUT2D eigenvalue weighted by molar-refractivity contribution is -0.168. The van der Waals surface area contributed by atoms with Crippen LogP contribution in [-0.2, 0) is 29.3 Å². The number of nitrogens with one attached hydrogen (secondary N) is 1. The van der Waals surface area contributed by atoms with Crippen molar-refractivity contribution in [3.05, 3.63) is 102 Å². The third-order valence-corrected chi connectivity index (χ3v) is 10.8. The Balaban J connectivity index is 1.49. The minimum atomic E-state index is -1.27. The van der Waals surface area contributed by atoms with Crippen molar-refractivity contribution in [3.63, 3.8) is 0 Å². The highest BCUT2D eigenvalue weighted by molar-refractivity contribution is 8.17. The number of carbonyl (C=O) groups excluding carboxylic acids is 4. The van der Waals surface area contributed by atoms with Crippen LogP contribution >= 0.6 is 23.5 Å². The SMILES string of the molecule is CSC1S[C@@H]2C(N(NC(=O)OC(C)(C)C)C(C)=O)C(=O)N2CC1(C(=O)OC(c1ccccc1)c1ccccc1)c1ccncc1. The van der Waals surface area contributed by atoms with Crippen LogP contribution in [0.1, 0.15) is 50.5 Å². The average molecular weight is 649 g/mol. The molecule has 0 bridgehead atoms. The van der Waals surface area contributed by atoms with E-state index in [4.69, 9.17) is 9.47 Å². The predicted octanol–water partition coefficient (Wildman–Crippen LogP) is 4.91.